The molecule has 0 fully saturated rings. The summed E-state index contributed by atoms with van der Waals surface area (Å²) in [4.78, 5) is 19.5. The van der Waals surface area contributed by atoms with E-state index in [0.29, 0.717) is 18.2 Å². The molecule has 0 aliphatic rings. The third-order valence-electron chi connectivity index (χ3n) is 2.92. The second-order valence-corrected chi connectivity index (χ2v) is 5.63. The van der Waals surface area contributed by atoms with Crippen LogP contribution in [0.1, 0.15) is 26.0 Å². The molecule has 0 saturated carbocycles. The summed E-state index contributed by atoms with van der Waals surface area (Å²) >= 11 is 0. The second kappa shape index (κ2) is 7.85. The van der Waals surface area contributed by atoms with Crippen molar-refractivity contribution in [2.24, 2.45) is 5.92 Å². The van der Waals surface area contributed by atoms with Crippen LogP contribution in [0, 0.1) is 5.92 Å². The van der Waals surface area contributed by atoms with Crippen LogP contribution >= 0.6 is 0 Å². The first-order chi connectivity index (χ1) is 9.40. The van der Waals surface area contributed by atoms with Crippen LogP contribution in [0.5, 0.6) is 5.75 Å². The molecular formula is C15H25N3O2. The number of carbonyl (C=O) groups is 1. The average Bonchev–Trinajstić information content (AvgIpc) is 2.38. The van der Waals surface area contributed by atoms with Crippen molar-refractivity contribution in [1.82, 2.24) is 14.8 Å². The predicted molar refractivity (Wildman–Crippen MR) is 79.7 cm³/mol. The van der Waals surface area contributed by atoms with E-state index >= 15 is 0 Å². The quantitative estimate of drug-likeness (QED) is 0.803. The van der Waals surface area contributed by atoms with Crippen LogP contribution in [-0.2, 0) is 6.54 Å². The number of amides is 1. The van der Waals surface area contributed by atoms with Crippen molar-refractivity contribution in [3.8, 4) is 5.75 Å². The van der Waals surface area contributed by atoms with Gasteiger partial charge in [-0.15, -0.1) is 0 Å². The maximum atomic E-state index is 11.6. The summed E-state index contributed by atoms with van der Waals surface area (Å²) in [5.74, 6) is 1.20. The largest absolute Gasteiger partial charge is 0.414 e. The lowest BCUT2D eigenvalue weighted by Crippen LogP contribution is -2.27. The smallest absolute Gasteiger partial charge is 0.408 e. The van der Waals surface area contributed by atoms with Gasteiger partial charge in [-0.25, -0.2) is 4.79 Å². The molecule has 0 bridgehead atoms. The number of ether oxygens (including phenoxy) is 1. The summed E-state index contributed by atoms with van der Waals surface area (Å²) in [5, 5.41) is 0. The molecule has 0 aliphatic heterocycles. The van der Waals surface area contributed by atoms with E-state index in [1.807, 2.05) is 0 Å². The molecule has 0 unspecified atom stereocenters. The molecule has 0 aromatic carbocycles. The van der Waals surface area contributed by atoms with Crippen LogP contribution in [0.3, 0.4) is 0 Å². The number of carbonyl (C=O) groups excluding carboxylic acids is 1. The van der Waals surface area contributed by atoms with Crippen LogP contribution in [0.15, 0.2) is 18.3 Å². The van der Waals surface area contributed by atoms with Gasteiger partial charge in [-0.3, -0.25) is 4.98 Å². The molecule has 0 saturated heterocycles. The lowest BCUT2D eigenvalue weighted by molar-refractivity contribution is 0.170. The minimum Gasteiger partial charge on any atom is -0.408 e. The zero-order valence-corrected chi connectivity index (χ0v) is 13.1. The summed E-state index contributed by atoms with van der Waals surface area (Å²) in [5.41, 5.74) is 0.786. The third-order valence-corrected chi connectivity index (χ3v) is 2.92. The van der Waals surface area contributed by atoms with Gasteiger partial charge in [-0.05, 0) is 38.1 Å². The van der Waals surface area contributed by atoms with Crippen LogP contribution < -0.4 is 4.74 Å². The van der Waals surface area contributed by atoms with Gasteiger partial charge in [-0.1, -0.05) is 13.8 Å². The van der Waals surface area contributed by atoms with Gasteiger partial charge in [0.15, 0.2) is 5.75 Å². The molecule has 20 heavy (non-hydrogen) atoms. The first-order valence-electron chi connectivity index (χ1n) is 6.91. The van der Waals surface area contributed by atoms with Crippen LogP contribution in [-0.4, -0.2) is 48.6 Å². The van der Waals surface area contributed by atoms with Crippen molar-refractivity contribution in [1.29, 1.82) is 0 Å². The lowest BCUT2D eigenvalue weighted by Gasteiger charge is -2.19. The zero-order valence-electron chi connectivity index (χ0n) is 13.1. The van der Waals surface area contributed by atoms with E-state index in [-0.39, 0.29) is 6.09 Å². The van der Waals surface area contributed by atoms with Crippen LogP contribution in [0.2, 0.25) is 0 Å². The number of nitrogens with zero attached hydrogens (tertiary/aromatic N) is 3. The summed E-state index contributed by atoms with van der Waals surface area (Å²) in [6.45, 7) is 6.08. The van der Waals surface area contributed by atoms with E-state index in [1.54, 1.807) is 32.4 Å². The predicted octanol–water partition coefficient (Wildman–Crippen LogP) is 2.62. The van der Waals surface area contributed by atoms with Crippen molar-refractivity contribution in [3.05, 3.63) is 24.0 Å². The molecule has 5 heteroatoms. The summed E-state index contributed by atoms with van der Waals surface area (Å²) in [6.07, 6.45) is 2.47. The fourth-order valence-corrected chi connectivity index (χ4v) is 1.63. The highest BCUT2D eigenvalue weighted by atomic mass is 16.6. The molecule has 112 valence electrons. The van der Waals surface area contributed by atoms with Crippen molar-refractivity contribution in [3.63, 3.8) is 0 Å². The third kappa shape index (κ3) is 5.57. The van der Waals surface area contributed by atoms with Gasteiger partial charge in [0.05, 0.1) is 5.69 Å². The first-order valence-corrected chi connectivity index (χ1v) is 6.91. The van der Waals surface area contributed by atoms with E-state index in [9.17, 15) is 4.79 Å². The molecule has 1 aromatic heterocycles. The molecule has 1 amide bonds. The Hall–Kier alpha value is -1.62. The lowest BCUT2D eigenvalue weighted by atomic mass is 10.1. The van der Waals surface area contributed by atoms with Gasteiger partial charge in [0.25, 0.3) is 0 Å². The highest BCUT2D eigenvalue weighted by Crippen LogP contribution is 2.18. The molecule has 0 aliphatic carbocycles. The number of rotatable bonds is 6. The fraction of sp³-hybridized carbons (Fsp3) is 0.600. The van der Waals surface area contributed by atoms with E-state index in [1.165, 1.54) is 4.90 Å². The van der Waals surface area contributed by atoms with Gasteiger partial charge in [0.1, 0.15) is 0 Å². The van der Waals surface area contributed by atoms with Crippen molar-refractivity contribution < 1.29 is 9.53 Å². The maximum absolute atomic E-state index is 11.6. The number of hydrogen-bond acceptors (Lipinski definition) is 4. The van der Waals surface area contributed by atoms with E-state index in [0.717, 1.165) is 18.7 Å². The highest BCUT2D eigenvalue weighted by molar-refractivity contribution is 5.70. The number of hydrogen-bond donors (Lipinski definition) is 0. The van der Waals surface area contributed by atoms with Gasteiger partial charge >= 0.3 is 6.09 Å². The molecular weight excluding hydrogens is 254 g/mol. The zero-order chi connectivity index (χ0) is 15.1. The molecule has 5 nitrogen and oxygen atoms in total. The van der Waals surface area contributed by atoms with Gasteiger partial charge in [0.2, 0.25) is 0 Å². The Morgan fingerprint density at radius 3 is 2.65 bits per heavy atom. The molecule has 0 atom stereocenters. The molecule has 1 aromatic rings. The van der Waals surface area contributed by atoms with Gasteiger partial charge < -0.3 is 14.5 Å². The van der Waals surface area contributed by atoms with Crippen LogP contribution in [0.25, 0.3) is 0 Å². The Morgan fingerprint density at radius 1 is 1.35 bits per heavy atom. The maximum Gasteiger partial charge on any atom is 0.414 e. The Kier molecular flexibility index (Phi) is 6.45. The number of aromatic nitrogens is 1. The minimum atomic E-state index is -0.385. The first kappa shape index (κ1) is 16.4. The average molecular weight is 279 g/mol. The molecule has 0 spiro atoms. The standard InChI is InChI=1S/C15H25N3O2/c1-12(2)8-10-18(5)11-13-14(7-6-9-16-13)20-15(19)17(3)4/h6-7,9,12H,8,10-11H2,1-5H3. The highest BCUT2D eigenvalue weighted by Gasteiger charge is 2.13. The SMILES string of the molecule is CC(C)CCN(C)Cc1ncccc1OC(=O)N(C)C. The van der Waals surface area contributed by atoms with Crippen LogP contribution in [0.4, 0.5) is 4.79 Å². The molecule has 1 heterocycles. The van der Waals surface area contributed by atoms with E-state index in [2.05, 4.69) is 30.8 Å². The Labute approximate surface area is 121 Å². The monoisotopic (exact) mass is 279 g/mol. The Balaban J connectivity index is 2.67. The van der Waals surface area contributed by atoms with Gasteiger partial charge in [0, 0.05) is 26.8 Å². The van der Waals surface area contributed by atoms with Crippen molar-refractivity contribution in [2.45, 2.75) is 26.8 Å². The molecule has 0 radical (unpaired) electrons. The van der Waals surface area contributed by atoms with Crippen molar-refractivity contribution in [2.75, 3.05) is 27.7 Å². The Bertz CT molecular complexity index is 433. The summed E-state index contributed by atoms with van der Waals surface area (Å²) < 4.78 is 5.33. The minimum absolute atomic E-state index is 0.385. The van der Waals surface area contributed by atoms with Gasteiger partial charge in [-0.2, -0.15) is 0 Å². The normalized spacial score (nSPS) is 10.9. The fourth-order valence-electron chi connectivity index (χ4n) is 1.63. The number of pyridine rings is 1. The molecule has 0 N–H and O–H groups in total. The summed E-state index contributed by atoms with van der Waals surface area (Å²) in [6, 6.07) is 3.55. The Morgan fingerprint density at radius 2 is 2.05 bits per heavy atom. The molecule has 1 rings (SSSR count). The topological polar surface area (TPSA) is 45.7 Å². The van der Waals surface area contributed by atoms with E-state index in [4.69, 9.17) is 4.74 Å². The van der Waals surface area contributed by atoms with Crippen molar-refractivity contribution >= 4 is 6.09 Å². The van der Waals surface area contributed by atoms with E-state index < -0.39 is 0 Å². The second-order valence-electron chi connectivity index (χ2n) is 5.63. The summed E-state index contributed by atoms with van der Waals surface area (Å²) in [7, 11) is 5.37.